The van der Waals surface area contributed by atoms with Gasteiger partial charge in [-0.1, -0.05) is 0 Å². The van der Waals surface area contributed by atoms with Crippen LogP contribution in [0.5, 0.6) is 5.75 Å². The molecule has 0 unspecified atom stereocenters. The van der Waals surface area contributed by atoms with Gasteiger partial charge in [0.1, 0.15) is 16.5 Å². The van der Waals surface area contributed by atoms with Gasteiger partial charge >= 0.3 is 6.09 Å². The minimum atomic E-state index is -3.50. The zero-order chi connectivity index (χ0) is 20.3. The fourth-order valence-electron chi connectivity index (χ4n) is 3.80. The summed E-state index contributed by atoms with van der Waals surface area (Å²) in [7, 11) is -3.50. The third kappa shape index (κ3) is 5.35. The molecule has 0 spiro atoms. The van der Waals surface area contributed by atoms with Crippen LogP contribution < -0.4 is 4.74 Å². The van der Waals surface area contributed by atoms with E-state index in [9.17, 15) is 17.6 Å². The van der Waals surface area contributed by atoms with Crippen LogP contribution in [0.25, 0.3) is 0 Å². The lowest BCUT2D eigenvalue weighted by atomic mass is 9.94. The summed E-state index contributed by atoms with van der Waals surface area (Å²) in [4.78, 5) is 12.4. The van der Waals surface area contributed by atoms with Crippen LogP contribution in [0.2, 0.25) is 0 Å². The maximum absolute atomic E-state index is 13.6. The van der Waals surface area contributed by atoms with Crippen LogP contribution in [0, 0.1) is 5.82 Å². The molecule has 7 nitrogen and oxygen atoms in total. The number of hydrogen-bond donors (Lipinski definition) is 1. The second kappa shape index (κ2) is 8.65. The molecule has 1 N–H and O–H groups in total. The number of piperidine rings is 1. The molecule has 28 heavy (non-hydrogen) atoms. The van der Waals surface area contributed by atoms with Gasteiger partial charge in [-0.3, -0.25) is 0 Å². The van der Waals surface area contributed by atoms with Crippen molar-refractivity contribution in [3.05, 3.63) is 24.0 Å². The molecule has 0 radical (unpaired) electrons. The maximum atomic E-state index is 13.6. The van der Waals surface area contributed by atoms with Gasteiger partial charge < -0.3 is 19.5 Å². The zero-order valence-corrected chi connectivity index (χ0v) is 16.7. The second-order valence-corrected chi connectivity index (χ2v) is 9.47. The van der Waals surface area contributed by atoms with Gasteiger partial charge in [0, 0.05) is 25.4 Å². The summed E-state index contributed by atoms with van der Waals surface area (Å²) in [5.74, 6) is -0.472. The highest BCUT2D eigenvalue weighted by Crippen LogP contribution is 2.31. The number of hydrogen-bond acceptors (Lipinski definition) is 5. The van der Waals surface area contributed by atoms with E-state index >= 15 is 0 Å². The lowest BCUT2D eigenvalue weighted by molar-refractivity contribution is -0.0643. The zero-order valence-electron chi connectivity index (χ0n) is 15.8. The van der Waals surface area contributed by atoms with Gasteiger partial charge in [-0.2, -0.15) is 0 Å². The third-order valence-corrected chi connectivity index (χ3v) is 6.45. The van der Waals surface area contributed by atoms with E-state index in [2.05, 4.69) is 0 Å². The van der Waals surface area contributed by atoms with Crippen LogP contribution in [0.4, 0.5) is 9.18 Å². The number of likely N-dealkylation sites (tertiary alicyclic amines) is 1. The molecule has 1 aromatic rings. The minimum absolute atomic E-state index is 0.00235. The quantitative estimate of drug-likeness (QED) is 0.743. The Balaban J connectivity index is 1.50. The second-order valence-electron chi connectivity index (χ2n) is 7.48. The van der Waals surface area contributed by atoms with Crippen LogP contribution in [0.15, 0.2) is 23.1 Å². The molecule has 9 heteroatoms. The average molecular weight is 415 g/mol. The molecule has 3 rings (SSSR count). The first-order valence-electron chi connectivity index (χ1n) is 9.52. The van der Waals surface area contributed by atoms with Crippen molar-refractivity contribution in [3.63, 3.8) is 0 Å². The number of carboxylic acid groups (broad SMARTS) is 1. The molecule has 2 aliphatic rings. The molecule has 1 saturated heterocycles. The Hall–Kier alpha value is -1.87. The fourth-order valence-corrected chi connectivity index (χ4v) is 4.59. The SMILES string of the molecule is CS(=O)(=O)c1ccc(F)cc1O[C@H]1CC[C@H](OC2CCN(C(=O)O)CC2)CC1. The molecule has 1 aromatic carbocycles. The van der Waals surface area contributed by atoms with E-state index in [-0.39, 0.29) is 29.0 Å². The summed E-state index contributed by atoms with van der Waals surface area (Å²) in [6, 6.07) is 3.47. The van der Waals surface area contributed by atoms with Crippen molar-refractivity contribution in [2.45, 2.75) is 61.7 Å². The predicted molar refractivity (Wildman–Crippen MR) is 99.9 cm³/mol. The average Bonchev–Trinajstić information content (AvgIpc) is 2.63. The van der Waals surface area contributed by atoms with E-state index in [4.69, 9.17) is 14.6 Å². The fraction of sp³-hybridized carbons (Fsp3) is 0.632. The van der Waals surface area contributed by atoms with Crippen molar-refractivity contribution >= 4 is 15.9 Å². The number of rotatable bonds is 5. The highest BCUT2D eigenvalue weighted by Gasteiger charge is 2.29. The summed E-state index contributed by atoms with van der Waals surface area (Å²) in [5, 5.41) is 8.99. The summed E-state index contributed by atoms with van der Waals surface area (Å²) in [6.45, 7) is 0.985. The van der Waals surface area contributed by atoms with Gasteiger partial charge in [0.15, 0.2) is 9.84 Å². The molecule has 0 aromatic heterocycles. The molecule has 156 valence electrons. The first-order valence-corrected chi connectivity index (χ1v) is 11.4. The first kappa shape index (κ1) is 20.9. The molecule has 1 saturated carbocycles. The van der Waals surface area contributed by atoms with Crippen molar-refractivity contribution < 1.29 is 32.2 Å². The highest BCUT2D eigenvalue weighted by molar-refractivity contribution is 7.90. The van der Waals surface area contributed by atoms with Crippen LogP contribution in [-0.4, -0.2) is 62.2 Å². The number of carbonyl (C=O) groups is 1. The van der Waals surface area contributed by atoms with Crippen LogP contribution in [0.3, 0.4) is 0 Å². The van der Waals surface area contributed by atoms with Crippen molar-refractivity contribution in [2.75, 3.05) is 19.3 Å². The van der Waals surface area contributed by atoms with Crippen molar-refractivity contribution in [1.29, 1.82) is 0 Å². The number of halogens is 1. The lowest BCUT2D eigenvalue weighted by Gasteiger charge is -2.35. The van der Waals surface area contributed by atoms with Crippen molar-refractivity contribution in [1.82, 2.24) is 4.90 Å². The number of amides is 1. The predicted octanol–water partition coefficient (Wildman–Crippen LogP) is 3.08. The monoisotopic (exact) mass is 415 g/mol. The number of sulfone groups is 1. The summed E-state index contributed by atoms with van der Waals surface area (Å²) >= 11 is 0. The van der Waals surface area contributed by atoms with Gasteiger partial charge in [0.2, 0.25) is 0 Å². The summed E-state index contributed by atoms with van der Waals surface area (Å²) < 4.78 is 49.3. The highest BCUT2D eigenvalue weighted by atomic mass is 32.2. The van der Waals surface area contributed by atoms with Gasteiger partial charge in [0.25, 0.3) is 0 Å². The van der Waals surface area contributed by atoms with Gasteiger partial charge in [-0.05, 0) is 50.7 Å². The molecule has 2 fully saturated rings. The Kier molecular flexibility index (Phi) is 6.44. The minimum Gasteiger partial charge on any atom is -0.489 e. The number of benzene rings is 1. The standard InChI is InChI=1S/C19H26FNO6S/c1-28(24,25)18-7-2-13(20)12-17(18)27-15-5-3-14(4-6-15)26-16-8-10-21(11-9-16)19(22)23/h2,7,12,14-16H,3-6,8-11H2,1H3,(H,22,23)/t14-,15-. The Bertz CT molecular complexity index is 799. The van der Waals surface area contributed by atoms with E-state index in [0.29, 0.717) is 38.8 Å². The Morgan fingerprint density at radius 1 is 1.07 bits per heavy atom. The van der Waals surface area contributed by atoms with E-state index in [1.54, 1.807) is 0 Å². The van der Waals surface area contributed by atoms with E-state index < -0.39 is 21.7 Å². The number of ether oxygens (including phenoxy) is 2. The number of nitrogens with zero attached hydrogens (tertiary/aromatic N) is 1. The van der Waals surface area contributed by atoms with Crippen molar-refractivity contribution in [2.24, 2.45) is 0 Å². The summed E-state index contributed by atoms with van der Waals surface area (Å²) in [5.41, 5.74) is 0. The van der Waals surface area contributed by atoms with Crippen LogP contribution in [0.1, 0.15) is 38.5 Å². The van der Waals surface area contributed by atoms with Gasteiger partial charge in [0.05, 0.1) is 18.3 Å². The maximum Gasteiger partial charge on any atom is 0.407 e. The molecule has 1 heterocycles. The largest absolute Gasteiger partial charge is 0.489 e. The Morgan fingerprint density at radius 2 is 1.64 bits per heavy atom. The molecule has 1 aliphatic heterocycles. The van der Waals surface area contributed by atoms with Crippen molar-refractivity contribution in [3.8, 4) is 5.75 Å². The lowest BCUT2D eigenvalue weighted by Crippen LogP contribution is -2.41. The van der Waals surface area contributed by atoms with E-state index in [0.717, 1.165) is 31.2 Å². The summed E-state index contributed by atoms with van der Waals surface area (Å²) in [6.07, 6.45) is 4.48. The van der Waals surface area contributed by atoms with Gasteiger partial charge in [-0.25, -0.2) is 17.6 Å². The molecule has 1 aliphatic carbocycles. The van der Waals surface area contributed by atoms with E-state index in [1.165, 1.54) is 11.0 Å². The first-order chi connectivity index (χ1) is 13.2. The van der Waals surface area contributed by atoms with Crippen LogP contribution in [-0.2, 0) is 14.6 Å². The van der Waals surface area contributed by atoms with Gasteiger partial charge in [-0.15, -0.1) is 0 Å². The Labute approximate surface area is 164 Å². The van der Waals surface area contributed by atoms with Crippen LogP contribution >= 0.6 is 0 Å². The van der Waals surface area contributed by atoms with E-state index in [1.807, 2.05) is 0 Å². The molecule has 1 amide bonds. The molecule has 0 atom stereocenters. The smallest absolute Gasteiger partial charge is 0.407 e. The molecule has 0 bridgehead atoms. The Morgan fingerprint density at radius 3 is 2.21 bits per heavy atom. The molecular formula is C19H26FNO6S. The molecular weight excluding hydrogens is 389 g/mol. The third-order valence-electron chi connectivity index (χ3n) is 5.32. The topological polar surface area (TPSA) is 93.1 Å². The normalized spacial score (nSPS) is 24.1.